The van der Waals surface area contributed by atoms with E-state index >= 15 is 0 Å². The van der Waals surface area contributed by atoms with Crippen molar-refractivity contribution in [2.24, 2.45) is 0 Å². The van der Waals surface area contributed by atoms with E-state index in [4.69, 9.17) is 15.6 Å². The molecule has 1 heterocycles. The van der Waals surface area contributed by atoms with E-state index in [0.29, 0.717) is 0 Å². The highest BCUT2D eigenvalue weighted by atomic mass is 32.2. The summed E-state index contributed by atoms with van der Waals surface area (Å²) in [5, 5.41) is 8.75. The molecule has 1 aromatic rings. The SMILES string of the molecule is CCOC(=O)CSc1c(N)nc(C(=O)O)c(F)c1C. The predicted molar refractivity (Wildman–Crippen MR) is 67.7 cm³/mol. The number of aromatic nitrogens is 1. The molecule has 0 radical (unpaired) electrons. The molecule has 0 aromatic carbocycles. The second-order valence-corrected chi connectivity index (χ2v) is 4.50. The average Bonchev–Trinajstić information content (AvgIpc) is 2.33. The van der Waals surface area contributed by atoms with Crippen LogP contribution in [0.3, 0.4) is 0 Å². The molecule has 8 heteroatoms. The van der Waals surface area contributed by atoms with Gasteiger partial charge in [-0.25, -0.2) is 14.2 Å². The standard InChI is InChI=1S/C11H13FN2O4S/c1-3-18-6(15)4-19-9-5(2)7(12)8(11(16)17)14-10(9)13/h3-4H2,1-2H3,(H2,13,14)(H,16,17). The number of pyridine rings is 1. The summed E-state index contributed by atoms with van der Waals surface area (Å²) in [4.78, 5) is 25.7. The van der Waals surface area contributed by atoms with E-state index in [1.165, 1.54) is 6.92 Å². The summed E-state index contributed by atoms with van der Waals surface area (Å²) in [7, 11) is 0. The van der Waals surface area contributed by atoms with Crippen molar-refractivity contribution in [3.63, 3.8) is 0 Å². The predicted octanol–water partition coefficient (Wildman–Crippen LogP) is 1.46. The Morgan fingerprint density at radius 3 is 2.68 bits per heavy atom. The third kappa shape index (κ3) is 3.57. The molecule has 0 saturated carbocycles. The second kappa shape index (κ2) is 6.37. The van der Waals surface area contributed by atoms with Crippen molar-refractivity contribution in [3.05, 3.63) is 17.1 Å². The molecule has 0 spiro atoms. The topological polar surface area (TPSA) is 103 Å². The van der Waals surface area contributed by atoms with E-state index in [9.17, 15) is 14.0 Å². The molecule has 1 aromatic heterocycles. The van der Waals surface area contributed by atoms with E-state index in [0.717, 1.165) is 11.8 Å². The van der Waals surface area contributed by atoms with Crippen LogP contribution in [0.5, 0.6) is 0 Å². The highest BCUT2D eigenvalue weighted by molar-refractivity contribution is 8.00. The quantitative estimate of drug-likeness (QED) is 0.624. The van der Waals surface area contributed by atoms with Crippen molar-refractivity contribution in [2.45, 2.75) is 18.7 Å². The van der Waals surface area contributed by atoms with E-state index in [1.807, 2.05) is 0 Å². The number of rotatable bonds is 5. The van der Waals surface area contributed by atoms with E-state index in [1.54, 1.807) is 6.92 Å². The van der Waals surface area contributed by atoms with Crippen LogP contribution < -0.4 is 5.73 Å². The van der Waals surface area contributed by atoms with Crippen molar-refractivity contribution in [2.75, 3.05) is 18.1 Å². The average molecular weight is 288 g/mol. The number of nitrogens with two attached hydrogens (primary N) is 1. The van der Waals surface area contributed by atoms with Crippen LogP contribution in [-0.4, -0.2) is 34.4 Å². The van der Waals surface area contributed by atoms with Gasteiger partial charge in [-0.15, -0.1) is 11.8 Å². The van der Waals surface area contributed by atoms with Gasteiger partial charge in [-0.05, 0) is 13.8 Å². The van der Waals surface area contributed by atoms with Crippen molar-refractivity contribution >= 4 is 29.5 Å². The zero-order valence-corrected chi connectivity index (χ0v) is 11.2. The van der Waals surface area contributed by atoms with Gasteiger partial charge in [0.25, 0.3) is 0 Å². The van der Waals surface area contributed by atoms with Gasteiger partial charge < -0.3 is 15.6 Å². The number of carbonyl (C=O) groups excluding carboxylic acids is 1. The maximum Gasteiger partial charge on any atom is 0.357 e. The van der Waals surface area contributed by atoms with Gasteiger partial charge in [0.05, 0.1) is 17.3 Å². The van der Waals surface area contributed by atoms with Gasteiger partial charge in [0.2, 0.25) is 0 Å². The van der Waals surface area contributed by atoms with Crippen molar-refractivity contribution in [1.29, 1.82) is 0 Å². The summed E-state index contributed by atoms with van der Waals surface area (Å²) < 4.78 is 18.5. The van der Waals surface area contributed by atoms with Gasteiger partial charge >= 0.3 is 11.9 Å². The molecule has 0 aliphatic carbocycles. The number of aromatic carboxylic acids is 1. The monoisotopic (exact) mass is 288 g/mol. The lowest BCUT2D eigenvalue weighted by atomic mass is 10.2. The molecule has 104 valence electrons. The number of thioether (sulfide) groups is 1. The molecule has 0 saturated heterocycles. The minimum Gasteiger partial charge on any atom is -0.476 e. The Bertz CT molecular complexity index is 522. The van der Waals surface area contributed by atoms with Crippen LogP contribution in [0.15, 0.2) is 4.90 Å². The fourth-order valence-electron chi connectivity index (χ4n) is 1.35. The molecule has 1 rings (SSSR count). The summed E-state index contributed by atoms with van der Waals surface area (Å²) in [6.07, 6.45) is 0. The summed E-state index contributed by atoms with van der Waals surface area (Å²) in [5.74, 6) is -3.08. The van der Waals surface area contributed by atoms with Crippen LogP contribution in [0.25, 0.3) is 0 Å². The first-order chi connectivity index (χ1) is 8.88. The molecule has 3 N–H and O–H groups in total. The number of carboxylic acid groups (broad SMARTS) is 1. The van der Waals surface area contributed by atoms with Gasteiger partial charge in [-0.1, -0.05) is 0 Å². The lowest BCUT2D eigenvalue weighted by Crippen LogP contribution is -2.12. The fraction of sp³-hybridized carbons (Fsp3) is 0.364. The lowest BCUT2D eigenvalue weighted by Gasteiger charge is -2.10. The Hall–Kier alpha value is -1.83. The normalized spacial score (nSPS) is 10.3. The maximum atomic E-state index is 13.7. The lowest BCUT2D eigenvalue weighted by molar-refractivity contribution is -0.139. The number of anilines is 1. The molecule has 0 aliphatic heterocycles. The Morgan fingerprint density at radius 1 is 1.53 bits per heavy atom. The number of halogens is 1. The minimum atomic E-state index is -1.49. The number of esters is 1. The molecule has 19 heavy (non-hydrogen) atoms. The summed E-state index contributed by atoms with van der Waals surface area (Å²) in [6, 6.07) is 0. The highest BCUT2D eigenvalue weighted by Gasteiger charge is 2.21. The first-order valence-electron chi connectivity index (χ1n) is 5.35. The zero-order valence-electron chi connectivity index (χ0n) is 10.4. The third-order valence-corrected chi connectivity index (χ3v) is 3.37. The largest absolute Gasteiger partial charge is 0.476 e. The molecule has 0 unspecified atom stereocenters. The smallest absolute Gasteiger partial charge is 0.357 e. The fourth-order valence-corrected chi connectivity index (χ4v) is 2.19. The van der Waals surface area contributed by atoms with E-state index in [-0.39, 0.29) is 28.6 Å². The van der Waals surface area contributed by atoms with Gasteiger partial charge in [0, 0.05) is 5.56 Å². The first-order valence-corrected chi connectivity index (χ1v) is 6.34. The molecule has 6 nitrogen and oxygen atoms in total. The number of ether oxygens (including phenoxy) is 1. The Labute approximate surface area is 113 Å². The number of carboxylic acids is 1. The summed E-state index contributed by atoms with van der Waals surface area (Å²) in [5.41, 5.74) is 4.90. The molecule has 0 bridgehead atoms. The van der Waals surface area contributed by atoms with E-state index < -0.39 is 23.4 Å². The molecule has 0 atom stereocenters. The summed E-state index contributed by atoms with van der Waals surface area (Å²) >= 11 is 0.961. The number of nitrogen functional groups attached to an aromatic ring is 1. The van der Waals surface area contributed by atoms with Gasteiger partial charge in [-0.2, -0.15) is 0 Å². The van der Waals surface area contributed by atoms with Gasteiger partial charge in [0.15, 0.2) is 11.5 Å². The van der Waals surface area contributed by atoms with Gasteiger partial charge in [-0.3, -0.25) is 4.79 Å². The van der Waals surface area contributed by atoms with Crippen LogP contribution in [0, 0.1) is 12.7 Å². The van der Waals surface area contributed by atoms with Crippen molar-refractivity contribution < 1.29 is 23.8 Å². The van der Waals surface area contributed by atoms with Crippen LogP contribution in [-0.2, 0) is 9.53 Å². The van der Waals surface area contributed by atoms with Crippen molar-refractivity contribution in [3.8, 4) is 0 Å². The van der Waals surface area contributed by atoms with Crippen LogP contribution in [0.2, 0.25) is 0 Å². The number of nitrogens with zero attached hydrogens (tertiary/aromatic N) is 1. The molecule has 0 amide bonds. The molecular formula is C11H13FN2O4S. The van der Waals surface area contributed by atoms with Crippen LogP contribution >= 0.6 is 11.8 Å². The second-order valence-electron chi connectivity index (χ2n) is 3.51. The van der Waals surface area contributed by atoms with Crippen LogP contribution in [0.1, 0.15) is 23.0 Å². The number of hydrogen-bond donors (Lipinski definition) is 2. The minimum absolute atomic E-state index is 0.0492. The van der Waals surface area contributed by atoms with Crippen LogP contribution in [0.4, 0.5) is 10.2 Å². The summed E-state index contributed by atoms with van der Waals surface area (Å²) in [6.45, 7) is 3.30. The molecule has 0 fully saturated rings. The Balaban J connectivity index is 3.00. The molecule has 0 aliphatic rings. The highest BCUT2D eigenvalue weighted by Crippen LogP contribution is 2.30. The number of carbonyl (C=O) groups is 2. The Kier molecular flexibility index (Phi) is 5.11. The van der Waals surface area contributed by atoms with Crippen molar-refractivity contribution in [1.82, 2.24) is 4.98 Å². The first kappa shape index (κ1) is 15.2. The number of hydrogen-bond acceptors (Lipinski definition) is 6. The Morgan fingerprint density at radius 2 is 2.16 bits per heavy atom. The van der Waals surface area contributed by atoms with Gasteiger partial charge in [0.1, 0.15) is 5.82 Å². The molecular weight excluding hydrogens is 275 g/mol. The zero-order chi connectivity index (χ0) is 14.6. The van der Waals surface area contributed by atoms with E-state index in [2.05, 4.69) is 4.98 Å². The third-order valence-electron chi connectivity index (χ3n) is 2.18. The maximum absolute atomic E-state index is 13.7.